The fourth-order valence-electron chi connectivity index (χ4n) is 1.58. The van der Waals surface area contributed by atoms with Crippen molar-refractivity contribution in [2.24, 2.45) is 0 Å². The van der Waals surface area contributed by atoms with Gasteiger partial charge in [-0.05, 0) is 30.3 Å². The molecule has 0 aliphatic heterocycles. The average molecular weight is 264 g/mol. The summed E-state index contributed by atoms with van der Waals surface area (Å²) in [5.74, 6) is -0.649. The van der Waals surface area contributed by atoms with E-state index in [2.05, 4.69) is 0 Å². The van der Waals surface area contributed by atoms with Gasteiger partial charge < -0.3 is 0 Å². The minimum Gasteiger partial charge on any atom is -0.298 e. The maximum atomic E-state index is 13.0. The van der Waals surface area contributed by atoms with E-state index in [0.717, 1.165) is 18.2 Å². The number of benzene rings is 2. The van der Waals surface area contributed by atoms with Crippen molar-refractivity contribution >= 4 is 16.1 Å². The molecule has 0 heterocycles. The molecule has 0 N–H and O–H groups in total. The van der Waals surface area contributed by atoms with Gasteiger partial charge in [0.1, 0.15) is 5.82 Å². The number of rotatable bonds is 3. The van der Waals surface area contributed by atoms with Gasteiger partial charge in [0.2, 0.25) is 9.84 Å². The van der Waals surface area contributed by atoms with E-state index >= 15 is 0 Å². The van der Waals surface area contributed by atoms with Crippen LogP contribution in [-0.2, 0) is 9.84 Å². The Kier molecular flexibility index (Phi) is 3.25. The Bertz CT molecular complexity index is 679. The average Bonchev–Trinajstić information content (AvgIpc) is 2.39. The van der Waals surface area contributed by atoms with Crippen molar-refractivity contribution in [3.8, 4) is 0 Å². The highest BCUT2D eigenvalue weighted by molar-refractivity contribution is 7.91. The maximum Gasteiger partial charge on any atom is 0.207 e. The van der Waals surface area contributed by atoms with Crippen LogP contribution in [0, 0.1) is 5.82 Å². The lowest BCUT2D eigenvalue weighted by Gasteiger charge is -2.06. The molecule has 0 fully saturated rings. The largest absolute Gasteiger partial charge is 0.298 e. The van der Waals surface area contributed by atoms with Crippen molar-refractivity contribution in [2.45, 2.75) is 9.79 Å². The van der Waals surface area contributed by atoms with Crippen molar-refractivity contribution in [2.75, 3.05) is 0 Å². The van der Waals surface area contributed by atoms with Gasteiger partial charge in [0.05, 0.1) is 9.79 Å². The molecule has 0 aliphatic carbocycles. The molecule has 0 atom stereocenters. The van der Waals surface area contributed by atoms with E-state index in [1.165, 1.54) is 12.1 Å². The first-order chi connectivity index (χ1) is 8.55. The summed E-state index contributed by atoms with van der Waals surface area (Å²) in [6, 6.07) is 10.7. The Labute approximate surface area is 104 Å². The molecular formula is C13H9FO3S. The quantitative estimate of drug-likeness (QED) is 0.632. The SMILES string of the molecule is O=Cc1cc(F)ccc1S(=O)(=O)c1ccccc1. The van der Waals surface area contributed by atoms with Gasteiger partial charge in [0.25, 0.3) is 0 Å². The number of aldehydes is 1. The Morgan fingerprint density at radius 3 is 2.28 bits per heavy atom. The molecule has 92 valence electrons. The van der Waals surface area contributed by atoms with Crippen LogP contribution in [0.1, 0.15) is 10.4 Å². The van der Waals surface area contributed by atoms with E-state index in [1.54, 1.807) is 18.2 Å². The van der Waals surface area contributed by atoms with E-state index < -0.39 is 15.7 Å². The Morgan fingerprint density at radius 1 is 1.00 bits per heavy atom. The second-order valence-corrected chi connectivity index (χ2v) is 5.53. The monoisotopic (exact) mass is 264 g/mol. The zero-order valence-corrected chi connectivity index (χ0v) is 10.0. The predicted octanol–water partition coefficient (Wildman–Crippen LogP) is 2.47. The summed E-state index contributed by atoms with van der Waals surface area (Å²) < 4.78 is 37.5. The number of hydrogen-bond donors (Lipinski definition) is 0. The fourth-order valence-corrected chi connectivity index (χ4v) is 3.02. The Hall–Kier alpha value is -2.01. The van der Waals surface area contributed by atoms with E-state index in [-0.39, 0.29) is 15.4 Å². The molecular weight excluding hydrogens is 255 g/mol. The third-order valence-electron chi connectivity index (χ3n) is 2.44. The van der Waals surface area contributed by atoms with Crippen molar-refractivity contribution in [3.05, 3.63) is 59.9 Å². The van der Waals surface area contributed by atoms with E-state index in [0.29, 0.717) is 6.29 Å². The Balaban J connectivity index is 2.66. The summed E-state index contributed by atoms with van der Waals surface area (Å²) in [7, 11) is -3.80. The molecule has 0 unspecified atom stereocenters. The molecule has 0 radical (unpaired) electrons. The van der Waals surface area contributed by atoms with E-state index in [1.807, 2.05) is 0 Å². The number of carbonyl (C=O) groups is 1. The van der Waals surface area contributed by atoms with Gasteiger partial charge in [-0.15, -0.1) is 0 Å². The van der Waals surface area contributed by atoms with Gasteiger partial charge in [0.15, 0.2) is 6.29 Å². The molecule has 0 saturated heterocycles. The summed E-state index contributed by atoms with van der Waals surface area (Å²) >= 11 is 0. The molecule has 0 aliphatic rings. The fraction of sp³-hybridized carbons (Fsp3) is 0. The van der Waals surface area contributed by atoms with Crippen molar-refractivity contribution in [1.29, 1.82) is 0 Å². The second-order valence-electron chi connectivity index (χ2n) is 3.62. The summed E-state index contributed by atoms with van der Waals surface area (Å²) in [5.41, 5.74) is -0.182. The van der Waals surface area contributed by atoms with Crippen LogP contribution >= 0.6 is 0 Å². The van der Waals surface area contributed by atoms with Crippen LogP contribution in [-0.4, -0.2) is 14.7 Å². The molecule has 0 saturated carbocycles. The lowest BCUT2D eigenvalue weighted by atomic mass is 10.2. The van der Waals surface area contributed by atoms with Crippen LogP contribution in [0.4, 0.5) is 4.39 Å². The van der Waals surface area contributed by atoms with Crippen LogP contribution in [0.5, 0.6) is 0 Å². The summed E-state index contributed by atoms with van der Waals surface area (Å²) in [6.45, 7) is 0. The normalized spacial score (nSPS) is 11.2. The first-order valence-corrected chi connectivity index (χ1v) is 6.59. The van der Waals surface area contributed by atoms with Crippen molar-refractivity contribution in [1.82, 2.24) is 0 Å². The zero-order valence-electron chi connectivity index (χ0n) is 9.21. The molecule has 18 heavy (non-hydrogen) atoms. The zero-order chi connectivity index (χ0) is 13.2. The molecule has 2 aromatic rings. The summed E-state index contributed by atoms with van der Waals surface area (Å²) in [5, 5.41) is 0. The minimum atomic E-state index is -3.80. The minimum absolute atomic E-state index is 0.0692. The molecule has 2 rings (SSSR count). The number of carbonyl (C=O) groups excluding carboxylic acids is 1. The highest BCUT2D eigenvalue weighted by Gasteiger charge is 2.21. The molecule has 5 heteroatoms. The van der Waals surface area contributed by atoms with E-state index in [4.69, 9.17) is 0 Å². The van der Waals surface area contributed by atoms with Gasteiger partial charge in [-0.2, -0.15) is 0 Å². The van der Waals surface area contributed by atoms with Crippen molar-refractivity contribution in [3.63, 3.8) is 0 Å². The second kappa shape index (κ2) is 4.70. The van der Waals surface area contributed by atoms with Crippen LogP contribution in [0.25, 0.3) is 0 Å². The van der Waals surface area contributed by atoms with Gasteiger partial charge in [0, 0.05) is 5.56 Å². The van der Waals surface area contributed by atoms with Gasteiger partial charge >= 0.3 is 0 Å². The summed E-state index contributed by atoms with van der Waals surface area (Å²) in [6.07, 6.45) is 0.332. The molecule has 2 aromatic carbocycles. The van der Waals surface area contributed by atoms with Gasteiger partial charge in [-0.1, -0.05) is 18.2 Å². The van der Waals surface area contributed by atoms with Crippen LogP contribution in [0.2, 0.25) is 0 Å². The highest BCUT2D eigenvalue weighted by Crippen LogP contribution is 2.23. The molecule has 0 aromatic heterocycles. The number of halogens is 1. The lowest BCUT2D eigenvalue weighted by Crippen LogP contribution is -2.05. The van der Waals surface area contributed by atoms with Gasteiger partial charge in [-0.3, -0.25) is 4.79 Å². The summed E-state index contributed by atoms with van der Waals surface area (Å²) in [4.78, 5) is 10.7. The van der Waals surface area contributed by atoms with Crippen LogP contribution < -0.4 is 0 Å². The molecule has 0 amide bonds. The van der Waals surface area contributed by atoms with Crippen LogP contribution in [0.15, 0.2) is 58.3 Å². The Morgan fingerprint density at radius 2 is 1.67 bits per heavy atom. The third kappa shape index (κ3) is 2.17. The topological polar surface area (TPSA) is 51.2 Å². The molecule has 3 nitrogen and oxygen atoms in total. The smallest absolute Gasteiger partial charge is 0.207 e. The first kappa shape index (κ1) is 12.4. The third-order valence-corrected chi connectivity index (χ3v) is 4.29. The maximum absolute atomic E-state index is 13.0. The first-order valence-electron chi connectivity index (χ1n) is 5.10. The van der Waals surface area contributed by atoms with E-state index in [9.17, 15) is 17.6 Å². The lowest BCUT2D eigenvalue weighted by molar-refractivity contribution is 0.112. The number of sulfone groups is 1. The highest BCUT2D eigenvalue weighted by atomic mass is 32.2. The molecule has 0 bridgehead atoms. The van der Waals surface area contributed by atoms with Crippen molar-refractivity contribution < 1.29 is 17.6 Å². The number of hydrogen-bond acceptors (Lipinski definition) is 3. The van der Waals surface area contributed by atoms with Gasteiger partial charge in [-0.25, -0.2) is 12.8 Å². The van der Waals surface area contributed by atoms with Crippen LogP contribution in [0.3, 0.4) is 0 Å². The standard InChI is InChI=1S/C13H9FO3S/c14-11-6-7-13(10(8-11)9-15)18(16,17)12-4-2-1-3-5-12/h1-9H. The predicted molar refractivity (Wildman–Crippen MR) is 63.7 cm³/mol. The molecule has 0 spiro atoms.